The number of aromatic nitrogens is 1. The maximum atomic E-state index is 13.4. The summed E-state index contributed by atoms with van der Waals surface area (Å²) in [6.07, 6.45) is 4.37. The molecule has 1 aromatic carbocycles. The largest absolute Gasteiger partial charge is 0.486 e. The number of piperidine rings is 1. The molecule has 0 saturated carbocycles. The van der Waals surface area contributed by atoms with Gasteiger partial charge in [0.2, 0.25) is 5.91 Å². The van der Waals surface area contributed by atoms with Crippen LogP contribution in [0.25, 0.3) is 12.2 Å². The monoisotopic (exact) mass is 498 g/mol. The zero-order valence-corrected chi connectivity index (χ0v) is 21.9. The summed E-state index contributed by atoms with van der Waals surface area (Å²) in [6.45, 7) is 12.1. The van der Waals surface area contributed by atoms with Crippen molar-refractivity contribution in [1.82, 2.24) is 9.47 Å². The second-order valence-corrected chi connectivity index (χ2v) is 11.8. The van der Waals surface area contributed by atoms with E-state index in [-0.39, 0.29) is 23.8 Å². The van der Waals surface area contributed by atoms with Gasteiger partial charge in [0, 0.05) is 24.6 Å². The molecule has 2 aromatic rings. The highest BCUT2D eigenvalue weighted by Crippen LogP contribution is 2.30. The molecule has 35 heavy (non-hydrogen) atoms. The number of carbonyl (C=O) groups excluding carboxylic acids is 2. The second-order valence-electron chi connectivity index (χ2n) is 10.7. The van der Waals surface area contributed by atoms with Gasteiger partial charge < -0.3 is 14.4 Å². The Morgan fingerprint density at radius 3 is 2.40 bits per heavy atom. The number of ketones is 1. The number of amides is 1. The average Bonchev–Trinajstić information content (AvgIpc) is 3.06. The Labute approximate surface area is 209 Å². The molecule has 0 N–H and O–H groups in total. The van der Waals surface area contributed by atoms with Crippen LogP contribution in [-0.4, -0.2) is 47.5 Å². The third-order valence-electron chi connectivity index (χ3n) is 6.31. The SMILES string of the molecule is C[C@H]1C[C@H](C)CN(C(=O)Cn2c(=O)/c(=C\c3ccc4c(c3)OCCO4)s/c2=C\C(=O)C(C)(C)C)C1. The lowest BCUT2D eigenvalue weighted by Crippen LogP contribution is -2.46. The van der Waals surface area contributed by atoms with Crippen LogP contribution >= 0.6 is 11.3 Å². The minimum atomic E-state index is -0.591. The summed E-state index contributed by atoms with van der Waals surface area (Å²) < 4.78 is 13.6. The quantitative estimate of drug-likeness (QED) is 0.647. The number of nitrogens with zero attached hydrogens (tertiary/aromatic N) is 2. The van der Waals surface area contributed by atoms with Crippen LogP contribution in [0.3, 0.4) is 0 Å². The van der Waals surface area contributed by atoms with Crippen LogP contribution in [0.4, 0.5) is 0 Å². The standard InChI is InChI=1S/C27H34N2O5S/c1-17-10-18(2)15-28(14-17)24(31)16-29-25(13-23(30)27(3,4)5)35-22(26(29)32)12-19-6-7-20-21(11-19)34-9-8-33-20/h6-7,11-13,17-18H,8-10,14-16H2,1-5H3/b22-12+,25-13-/t17-,18-/m0/s1. The first-order chi connectivity index (χ1) is 16.5. The minimum absolute atomic E-state index is 0.0764. The molecule has 0 unspecified atom stereocenters. The van der Waals surface area contributed by atoms with Crippen molar-refractivity contribution in [2.45, 2.75) is 47.6 Å². The molecule has 7 nitrogen and oxygen atoms in total. The van der Waals surface area contributed by atoms with E-state index in [1.165, 1.54) is 22.0 Å². The van der Waals surface area contributed by atoms with Crippen molar-refractivity contribution in [2.24, 2.45) is 17.3 Å². The fourth-order valence-corrected chi connectivity index (χ4v) is 5.57. The van der Waals surface area contributed by atoms with Crippen LogP contribution in [0.15, 0.2) is 23.0 Å². The molecule has 1 saturated heterocycles. The highest BCUT2D eigenvalue weighted by Gasteiger charge is 2.26. The number of Topliss-reactive ketones (excluding diaryl/α,β-unsaturated/α-hetero) is 1. The van der Waals surface area contributed by atoms with Crippen molar-refractivity contribution in [3.63, 3.8) is 0 Å². The van der Waals surface area contributed by atoms with E-state index in [1.807, 2.05) is 43.9 Å². The molecule has 0 bridgehead atoms. The van der Waals surface area contributed by atoms with E-state index in [2.05, 4.69) is 13.8 Å². The van der Waals surface area contributed by atoms with Crippen molar-refractivity contribution in [2.75, 3.05) is 26.3 Å². The molecule has 4 rings (SSSR count). The van der Waals surface area contributed by atoms with Crippen molar-refractivity contribution in [1.29, 1.82) is 0 Å². The highest BCUT2D eigenvalue weighted by molar-refractivity contribution is 7.07. The molecular weight excluding hydrogens is 464 g/mol. The molecule has 188 valence electrons. The Morgan fingerprint density at radius 2 is 1.74 bits per heavy atom. The van der Waals surface area contributed by atoms with Gasteiger partial charge in [0.25, 0.3) is 5.56 Å². The molecule has 1 fully saturated rings. The Kier molecular flexibility index (Phi) is 7.22. The van der Waals surface area contributed by atoms with E-state index in [0.29, 0.717) is 58.8 Å². The lowest BCUT2D eigenvalue weighted by atomic mass is 9.91. The molecule has 1 aromatic heterocycles. The molecule has 1 amide bonds. The fraction of sp³-hybridized carbons (Fsp3) is 0.519. The van der Waals surface area contributed by atoms with Gasteiger partial charge in [0.15, 0.2) is 17.3 Å². The number of fused-ring (bicyclic) bond motifs is 1. The van der Waals surface area contributed by atoms with Crippen LogP contribution < -0.4 is 24.2 Å². The first-order valence-electron chi connectivity index (χ1n) is 12.2. The summed E-state index contributed by atoms with van der Waals surface area (Å²) in [4.78, 5) is 41.3. The normalized spacial score (nSPS) is 21.3. The fourth-order valence-electron chi connectivity index (χ4n) is 4.52. The lowest BCUT2D eigenvalue weighted by Gasteiger charge is -2.35. The number of carbonyl (C=O) groups is 2. The summed E-state index contributed by atoms with van der Waals surface area (Å²) in [5, 5.41) is 0. The Balaban J connectivity index is 1.74. The van der Waals surface area contributed by atoms with Gasteiger partial charge in [-0.25, -0.2) is 0 Å². The maximum absolute atomic E-state index is 13.4. The second kappa shape index (κ2) is 10.0. The molecular formula is C27H34N2O5S. The molecule has 2 aliphatic rings. The summed E-state index contributed by atoms with van der Waals surface area (Å²) in [5.41, 5.74) is -0.0745. The number of hydrogen-bond donors (Lipinski definition) is 0. The summed E-state index contributed by atoms with van der Waals surface area (Å²) >= 11 is 1.23. The van der Waals surface area contributed by atoms with Gasteiger partial charge in [-0.05, 0) is 42.0 Å². The number of benzene rings is 1. The summed E-state index contributed by atoms with van der Waals surface area (Å²) in [6, 6.07) is 5.52. The van der Waals surface area contributed by atoms with Gasteiger partial charge in [0.1, 0.15) is 24.4 Å². The van der Waals surface area contributed by atoms with Crippen molar-refractivity contribution >= 4 is 35.2 Å². The molecule has 0 aliphatic carbocycles. The van der Waals surface area contributed by atoms with Crippen LogP contribution in [0.5, 0.6) is 11.5 Å². The number of rotatable bonds is 4. The molecule has 2 atom stereocenters. The lowest BCUT2D eigenvalue weighted by molar-refractivity contribution is -0.134. The van der Waals surface area contributed by atoms with E-state index < -0.39 is 5.41 Å². The number of ether oxygens (including phenoxy) is 2. The predicted molar refractivity (Wildman–Crippen MR) is 137 cm³/mol. The van der Waals surface area contributed by atoms with Crippen molar-refractivity contribution in [3.8, 4) is 11.5 Å². The number of thiazole rings is 1. The van der Waals surface area contributed by atoms with Gasteiger partial charge >= 0.3 is 0 Å². The van der Waals surface area contributed by atoms with E-state index in [1.54, 1.807) is 6.08 Å². The first-order valence-corrected chi connectivity index (χ1v) is 13.0. The first kappa shape index (κ1) is 25.2. The summed E-state index contributed by atoms with van der Waals surface area (Å²) in [5.74, 6) is 1.99. The third kappa shape index (κ3) is 5.86. The van der Waals surface area contributed by atoms with Crippen molar-refractivity contribution < 1.29 is 19.1 Å². The van der Waals surface area contributed by atoms with Gasteiger partial charge in [-0.15, -0.1) is 11.3 Å². The zero-order chi connectivity index (χ0) is 25.3. The Bertz CT molecular complexity index is 1290. The number of likely N-dealkylation sites (tertiary alicyclic amines) is 1. The van der Waals surface area contributed by atoms with Crippen LogP contribution in [-0.2, 0) is 16.1 Å². The van der Waals surface area contributed by atoms with Crippen molar-refractivity contribution in [3.05, 3.63) is 43.3 Å². The number of hydrogen-bond acceptors (Lipinski definition) is 6. The van der Waals surface area contributed by atoms with Gasteiger partial charge in [0.05, 0.1) is 4.53 Å². The maximum Gasteiger partial charge on any atom is 0.269 e. The van der Waals surface area contributed by atoms with E-state index >= 15 is 0 Å². The van der Waals surface area contributed by atoms with E-state index in [9.17, 15) is 14.4 Å². The zero-order valence-electron chi connectivity index (χ0n) is 21.1. The smallest absolute Gasteiger partial charge is 0.269 e. The Morgan fingerprint density at radius 1 is 1.09 bits per heavy atom. The van der Waals surface area contributed by atoms with Crippen LogP contribution in [0.1, 0.15) is 46.6 Å². The van der Waals surface area contributed by atoms with Gasteiger partial charge in [-0.3, -0.25) is 19.0 Å². The topological polar surface area (TPSA) is 77.8 Å². The van der Waals surface area contributed by atoms with E-state index in [0.717, 1.165) is 12.0 Å². The van der Waals surface area contributed by atoms with Gasteiger partial charge in [-0.1, -0.05) is 40.7 Å². The van der Waals surface area contributed by atoms with Crippen LogP contribution in [0, 0.1) is 17.3 Å². The molecule has 2 aliphatic heterocycles. The molecule has 8 heteroatoms. The third-order valence-corrected chi connectivity index (χ3v) is 7.37. The van der Waals surface area contributed by atoms with Gasteiger partial charge in [-0.2, -0.15) is 0 Å². The highest BCUT2D eigenvalue weighted by atomic mass is 32.1. The summed E-state index contributed by atoms with van der Waals surface area (Å²) in [7, 11) is 0. The molecule has 3 heterocycles. The minimum Gasteiger partial charge on any atom is -0.486 e. The predicted octanol–water partition coefficient (Wildman–Crippen LogP) is 2.41. The van der Waals surface area contributed by atoms with E-state index in [4.69, 9.17) is 9.47 Å². The molecule has 0 radical (unpaired) electrons. The Hall–Kier alpha value is -2.87. The van der Waals surface area contributed by atoms with Crippen LogP contribution in [0.2, 0.25) is 0 Å². The average molecular weight is 499 g/mol. The molecule has 0 spiro atoms.